The SMILES string of the molecule is CC(c1cc2ccccc2o1)N(C)C(=O)CN1CCCN(C(=O)c2ccc(F)cc2)CC1. The Morgan fingerprint density at radius 1 is 1.06 bits per heavy atom. The second-order valence-corrected chi connectivity index (χ2v) is 8.30. The summed E-state index contributed by atoms with van der Waals surface area (Å²) in [7, 11) is 1.79. The number of hydrogen-bond acceptors (Lipinski definition) is 4. The van der Waals surface area contributed by atoms with E-state index in [9.17, 15) is 14.0 Å². The molecule has 1 saturated heterocycles. The average Bonchev–Trinajstić information content (AvgIpc) is 3.11. The van der Waals surface area contributed by atoms with Gasteiger partial charge in [0, 0.05) is 44.2 Å². The van der Waals surface area contributed by atoms with Crippen molar-refractivity contribution in [2.24, 2.45) is 0 Å². The van der Waals surface area contributed by atoms with Crippen molar-refractivity contribution in [2.45, 2.75) is 19.4 Å². The molecule has 2 heterocycles. The largest absolute Gasteiger partial charge is 0.459 e. The number of fused-ring (bicyclic) bond motifs is 1. The van der Waals surface area contributed by atoms with Crippen molar-refractivity contribution < 1.29 is 18.4 Å². The maximum absolute atomic E-state index is 13.1. The van der Waals surface area contributed by atoms with Crippen LogP contribution in [0.1, 0.15) is 35.5 Å². The summed E-state index contributed by atoms with van der Waals surface area (Å²) in [6, 6.07) is 15.2. The summed E-state index contributed by atoms with van der Waals surface area (Å²) in [6.45, 7) is 4.76. The van der Waals surface area contributed by atoms with Gasteiger partial charge in [-0.25, -0.2) is 4.39 Å². The predicted molar refractivity (Wildman–Crippen MR) is 121 cm³/mol. The number of amides is 2. The number of likely N-dealkylation sites (N-methyl/N-ethyl adjacent to an activating group) is 1. The Hall–Kier alpha value is -3.19. The Kier molecular flexibility index (Phi) is 6.55. The lowest BCUT2D eigenvalue weighted by atomic mass is 10.2. The average molecular weight is 438 g/mol. The molecule has 2 amide bonds. The van der Waals surface area contributed by atoms with Gasteiger partial charge in [-0.1, -0.05) is 18.2 Å². The zero-order valence-corrected chi connectivity index (χ0v) is 18.5. The minimum absolute atomic E-state index is 0.0104. The number of carbonyl (C=O) groups excluding carboxylic acids is 2. The van der Waals surface area contributed by atoms with Gasteiger partial charge in [0.15, 0.2) is 0 Å². The number of carbonyl (C=O) groups is 2. The molecule has 0 spiro atoms. The quantitative estimate of drug-likeness (QED) is 0.607. The van der Waals surface area contributed by atoms with Crippen LogP contribution in [0.3, 0.4) is 0 Å². The summed E-state index contributed by atoms with van der Waals surface area (Å²) in [5.74, 6) is 0.308. The van der Waals surface area contributed by atoms with Crippen molar-refractivity contribution in [3.8, 4) is 0 Å². The number of benzene rings is 2. The fourth-order valence-electron chi connectivity index (χ4n) is 4.03. The fourth-order valence-corrected chi connectivity index (χ4v) is 4.03. The second kappa shape index (κ2) is 9.53. The molecule has 4 rings (SSSR count). The Morgan fingerprint density at radius 3 is 2.56 bits per heavy atom. The van der Waals surface area contributed by atoms with Crippen LogP contribution in [0.25, 0.3) is 11.0 Å². The number of hydrogen-bond donors (Lipinski definition) is 0. The smallest absolute Gasteiger partial charge is 0.253 e. The zero-order chi connectivity index (χ0) is 22.7. The third kappa shape index (κ3) is 4.83. The van der Waals surface area contributed by atoms with E-state index in [0.717, 1.165) is 29.7 Å². The lowest BCUT2D eigenvalue weighted by molar-refractivity contribution is -0.133. The van der Waals surface area contributed by atoms with E-state index in [4.69, 9.17) is 4.42 Å². The second-order valence-electron chi connectivity index (χ2n) is 8.30. The lowest BCUT2D eigenvalue weighted by Crippen LogP contribution is -2.41. The van der Waals surface area contributed by atoms with E-state index in [0.29, 0.717) is 31.7 Å². The van der Waals surface area contributed by atoms with Crippen LogP contribution in [0.2, 0.25) is 0 Å². The molecule has 7 heteroatoms. The van der Waals surface area contributed by atoms with Crippen LogP contribution >= 0.6 is 0 Å². The third-order valence-electron chi connectivity index (χ3n) is 6.16. The Morgan fingerprint density at radius 2 is 1.81 bits per heavy atom. The Balaban J connectivity index is 1.34. The van der Waals surface area contributed by atoms with Gasteiger partial charge < -0.3 is 14.2 Å². The van der Waals surface area contributed by atoms with Crippen molar-refractivity contribution >= 4 is 22.8 Å². The first-order chi connectivity index (χ1) is 15.4. The summed E-state index contributed by atoms with van der Waals surface area (Å²) in [5, 5.41) is 1.02. The van der Waals surface area contributed by atoms with Gasteiger partial charge in [-0.2, -0.15) is 0 Å². The van der Waals surface area contributed by atoms with E-state index in [1.54, 1.807) is 16.8 Å². The van der Waals surface area contributed by atoms with Gasteiger partial charge in [0.05, 0.1) is 12.6 Å². The molecular weight excluding hydrogens is 409 g/mol. The highest BCUT2D eigenvalue weighted by Gasteiger charge is 2.25. The molecule has 1 aliphatic rings. The molecule has 6 nitrogen and oxygen atoms in total. The van der Waals surface area contributed by atoms with Gasteiger partial charge in [-0.3, -0.25) is 14.5 Å². The summed E-state index contributed by atoms with van der Waals surface area (Å²) in [6.07, 6.45) is 0.781. The third-order valence-corrected chi connectivity index (χ3v) is 6.16. The van der Waals surface area contributed by atoms with E-state index in [-0.39, 0.29) is 23.7 Å². The van der Waals surface area contributed by atoms with Gasteiger partial charge in [-0.15, -0.1) is 0 Å². The minimum Gasteiger partial charge on any atom is -0.459 e. The van der Waals surface area contributed by atoms with E-state index in [1.807, 2.05) is 37.3 Å². The topological polar surface area (TPSA) is 57.0 Å². The van der Waals surface area contributed by atoms with E-state index >= 15 is 0 Å². The molecule has 32 heavy (non-hydrogen) atoms. The number of rotatable bonds is 5. The van der Waals surface area contributed by atoms with Gasteiger partial charge in [-0.05, 0) is 49.7 Å². The van der Waals surface area contributed by atoms with E-state index in [1.165, 1.54) is 24.3 Å². The van der Waals surface area contributed by atoms with Crippen LogP contribution in [0, 0.1) is 5.82 Å². The van der Waals surface area contributed by atoms with Crippen LogP contribution in [-0.4, -0.2) is 66.3 Å². The van der Waals surface area contributed by atoms with Crippen molar-refractivity contribution in [3.05, 3.63) is 71.7 Å². The first-order valence-corrected chi connectivity index (χ1v) is 10.9. The van der Waals surface area contributed by atoms with Gasteiger partial charge >= 0.3 is 0 Å². The Labute approximate surface area is 187 Å². The molecular formula is C25H28FN3O3. The molecule has 0 saturated carbocycles. The van der Waals surface area contributed by atoms with Crippen LogP contribution in [0.4, 0.5) is 4.39 Å². The molecule has 0 aliphatic carbocycles. The van der Waals surface area contributed by atoms with E-state index in [2.05, 4.69) is 4.90 Å². The van der Waals surface area contributed by atoms with Crippen LogP contribution in [0.15, 0.2) is 59.0 Å². The predicted octanol–water partition coefficient (Wildman–Crippen LogP) is 3.94. The lowest BCUT2D eigenvalue weighted by Gasteiger charge is -2.27. The highest BCUT2D eigenvalue weighted by Crippen LogP contribution is 2.26. The number of para-hydroxylation sites is 1. The number of furan rings is 1. The standard InChI is InChI=1S/C25H28FN3O3/c1-18(23-16-20-6-3-4-7-22(20)32-23)27(2)24(30)17-28-12-5-13-29(15-14-28)25(31)19-8-10-21(26)11-9-19/h3-4,6-11,16,18H,5,12-15,17H2,1-2H3. The molecule has 1 atom stereocenters. The van der Waals surface area contributed by atoms with Gasteiger partial charge in [0.25, 0.3) is 5.91 Å². The van der Waals surface area contributed by atoms with Crippen LogP contribution in [0.5, 0.6) is 0 Å². The van der Waals surface area contributed by atoms with Crippen molar-refractivity contribution in [1.29, 1.82) is 0 Å². The normalized spacial score (nSPS) is 16.0. The van der Waals surface area contributed by atoms with Crippen molar-refractivity contribution in [1.82, 2.24) is 14.7 Å². The molecule has 0 radical (unpaired) electrons. The van der Waals surface area contributed by atoms with Crippen LogP contribution < -0.4 is 0 Å². The number of nitrogens with zero attached hydrogens (tertiary/aromatic N) is 3. The van der Waals surface area contributed by atoms with Crippen LogP contribution in [-0.2, 0) is 4.79 Å². The summed E-state index contributed by atoms with van der Waals surface area (Å²) < 4.78 is 19.1. The molecule has 0 bridgehead atoms. The molecule has 3 aromatic rings. The first-order valence-electron chi connectivity index (χ1n) is 10.9. The summed E-state index contributed by atoms with van der Waals surface area (Å²) in [4.78, 5) is 31.2. The zero-order valence-electron chi connectivity index (χ0n) is 18.5. The molecule has 2 aromatic carbocycles. The molecule has 1 aromatic heterocycles. The molecule has 1 unspecified atom stereocenters. The fraction of sp³-hybridized carbons (Fsp3) is 0.360. The molecule has 168 valence electrons. The van der Waals surface area contributed by atoms with Gasteiger partial charge in [0.1, 0.15) is 17.2 Å². The minimum atomic E-state index is -0.358. The summed E-state index contributed by atoms with van der Waals surface area (Å²) >= 11 is 0. The number of halogens is 1. The maximum atomic E-state index is 13.1. The van der Waals surface area contributed by atoms with Crippen molar-refractivity contribution in [3.63, 3.8) is 0 Å². The van der Waals surface area contributed by atoms with Crippen molar-refractivity contribution in [2.75, 3.05) is 39.8 Å². The van der Waals surface area contributed by atoms with E-state index < -0.39 is 0 Å². The maximum Gasteiger partial charge on any atom is 0.253 e. The highest BCUT2D eigenvalue weighted by molar-refractivity contribution is 5.94. The monoisotopic (exact) mass is 437 g/mol. The molecule has 1 fully saturated rings. The summed E-state index contributed by atoms with van der Waals surface area (Å²) in [5.41, 5.74) is 1.30. The first kappa shape index (κ1) is 22.0. The highest BCUT2D eigenvalue weighted by atomic mass is 19.1. The molecule has 1 aliphatic heterocycles. The molecule has 0 N–H and O–H groups in total. The van der Waals surface area contributed by atoms with Gasteiger partial charge in [0.2, 0.25) is 5.91 Å². The Bertz CT molecular complexity index is 1060.